The van der Waals surface area contributed by atoms with Crippen molar-refractivity contribution >= 4 is 17.6 Å². The maximum atomic E-state index is 10.6. The molecule has 92 valence electrons. The van der Waals surface area contributed by atoms with Gasteiger partial charge in [-0.2, -0.15) is 0 Å². The van der Waals surface area contributed by atoms with Crippen molar-refractivity contribution in [3.63, 3.8) is 0 Å². The van der Waals surface area contributed by atoms with Crippen LogP contribution in [-0.2, 0) is 16.0 Å². The Hall–Kier alpha value is -2.08. The third kappa shape index (κ3) is 3.46. The molecule has 0 saturated heterocycles. The third-order valence-electron chi connectivity index (χ3n) is 2.32. The molecule has 1 rings (SSSR count). The van der Waals surface area contributed by atoms with Crippen molar-refractivity contribution in [2.24, 2.45) is 0 Å². The van der Waals surface area contributed by atoms with Crippen molar-refractivity contribution in [2.75, 3.05) is 5.73 Å². The zero-order chi connectivity index (χ0) is 13.0. The van der Waals surface area contributed by atoms with Gasteiger partial charge in [0.2, 0.25) is 0 Å². The summed E-state index contributed by atoms with van der Waals surface area (Å²) in [7, 11) is 0. The Morgan fingerprint density at radius 3 is 2.47 bits per heavy atom. The highest BCUT2D eigenvalue weighted by atomic mass is 16.4. The van der Waals surface area contributed by atoms with Gasteiger partial charge in [-0.25, -0.2) is 4.79 Å². The second-order valence-corrected chi connectivity index (χ2v) is 3.59. The Kier molecular flexibility index (Phi) is 4.06. The summed E-state index contributed by atoms with van der Waals surface area (Å²) in [6.45, 7) is 0. The van der Waals surface area contributed by atoms with E-state index in [1.807, 2.05) is 0 Å². The van der Waals surface area contributed by atoms with Crippen molar-refractivity contribution in [3.05, 3.63) is 29.3 Å². The van der Waals surface area contributed by atoms with Crippen LogP contribution in [0.25, 0.3) is 0 Å². The first-order chi connectivity index (χ1) is 7.91. The number of hydrogen-bond donors (Lipinski definition) is 4. The monoisotopic (exact) mass is 239 g/mol. The Morgan fingerprint density at radius 1 is 1.29 bits per heavy atom. The van der Waals surface area contributed by atoms with E-state index in [0.29, 0.717) is 11.3 Å². The smallest absolute Gasteiger partial charge is 0.337 e. The second kappa shape index (κ2) is 5.31. The molecule has 0 fully saturated rings. The van der Waals surface area contributed by atoms with Crippen LogP contribution in [0.15, 0.2) is 18.2 Å². The van der Waals surface area contributed by atoms with Gasteiger partial charge in [-0.3, -0.25) is 4.79 Å². The summed E-state index contributed by atoms with van der Waals surface area (Å²) in [6.07, 6.45) is -1.53. The van der Waals surface area contributed by atoms with Gasteiger partial charge in [-0.05, 0) is 23.6 Å². The predicted molar refractivity (Wildman–Crippen MR) is 59.4 cm³/mol. The van der Waals surface area contributed by atoms with Crippen LogP contribution in [0.3, 0.4) is 0 Å². The van der Waals surface area contributed by atoms with E-state index in [-0.39, 0.29) is 18.4 Å². The lowest BCUT2D eigenvalue weighted by molar-refractivity contribution is -0.147. The molecular formula is C11H13NO5. The summed E-state index contributed by atoms with van der Waals surface area (Å²) in [4.78, 5) is 21.0. The van der Waals surface area contributed by atoms with E-state index in [2.05, 4.69) is 0 Å². The van der Waals surface area contributed by atoms with E-state index in [9.17, 15) is 14.7 Å². The number of benzene rings is 1. The molecule has 1 unspecified atom stereocenters. The number of aryl methyl sites for hydroxylation is 1. The molecule has 5 N–H and O–H groups in total. The normalized spacial score (nSPS) is 12.1. The molecule has 0 bridgehead atoms. The lowest BCUT2D eigenvalue weighted by atomic mass is 10.0. The predicted octanol–water partition coefficient (Wildman–Crippen LogP) is 0.404. The lowest BCUT2D eigenvalue weighted by Crippen LogP contribution is -2.11. The molecule has 0 aliphatic carbocycles. The zero-order valence-corrected chi connectivity index (χ0v) is 8.96. The molecule has 17 heavy (non-hydrogen) atoms. The maximum Gasteiger partial charge on any atom is 0.337 e. The molecule has 6 heteroatoms. The van der Waals surface area contributed by atoms with Crippen LogP contribution in [-0.4, -0.2) is 27.3 Å². The van der Waals surface area contributed by atoms with Crippen LogP contribution in [0.5, 0.6) is 0 Å². The highest BCUT2D eigenvalue weighted by molar-refractivity contribution is 5.74. The van der Waals surface area contributed by atoms with E-state index in [1.54, 1.807) is 0 Å². The van der Waals surface area contributed by atoms with Crippen LogP contribution >= 0.6 is 0 Å². The average molecular weight is 239 g/mol. The van der Waals surface area contributed by atoms with Crippen molar-refractivity contribution in [1.82, 2.24) is 0 Å². The van der Waals surface area contributed by atoms with E-state index in [1.165, 1.54) is 18.2 Å². The molecule has 0 amide bonds. The standard InChI is InChI=1S/C11H13NO5/c12-8-3-1-7(10(15)11(16)17)5-6(8)2-4-9(13)14/h1,3,5,10,15H,2,4,12H2,(H,13,14)(H,16,17). The number of rotatable bonds is 5. The first-order valence-corrected chi connectivity index (χ1v) is 4.92. The van der Waals surface area contributed by atoms with Crippen LogP contribution < -0.4 is 5.73 Å². The highest BCUT2D eigenvalue weighted by Gasteiger charge is 2.17. The van der Waals surface area contributed by atoms with Gasteiger partial charge in [0, 0.05) is 12.1 Å². The Bertz CT molecular complexity index is 443. The van der Waals surface area contributed by atoms with Crippen LogP contribution in [0, 0.1) is 0 Å². The molecule has 0 aliphatic heterocycles. The number of aliphatic hydroxyl groups excluding tert-OH is 1. The number of carboxylic acid groups (broad SMARTS) is 2. The summed E-state index contributed by atoms with van der Waals surface area (Å²) in [6, 6.07) is 4.27. The van der Waals surface area contributed by atoms with Crippen LogP contribution in [0.4, 0.5) is 5.69 Å². The Morgan fingerprint density at radius 2 is 1.94 bits per heavy atom. The number of anilines is 1. The first-order valence-electron chi connectivity index (χ1n) is 4.92. The van der Waals surface area contributed by atoms with E-state index in [0.717, 1.165) is 0 Å². The van der Waals surface area contributed by atoms with Crippen LogP contribution in [0.2, 0.25) is 0 Å². The fraction of sp³-hybridized carbons (Fsp3) is 0.273. The Balaban J connectivity index is 2.93. The summed E-state index contributed by atoms with van der Waals surface area (Å²) >= 11 is 0. The molecule has 0 aliphatic rings. The molecule has 0 aromatic heterocycles. The fourth-order valence-corrected chi connectivity index (χ4v) is 1.40. The Labute approximate surface area is 97.3 Å². The van der Waals surface area contributed by atoms with Gasteiger partial charge in [0.05, 0.1) is 0 Å². The van der Waals surface area contributed by atoms with Gasteiger partial charge < -0.3 is 21.1 Å². The molecular weight excluding hydrogens is 226 g/mol. The number of hydrogen-bond acceptors (Lipinski definition) is 4. The molecule has 1 atom stereocenters. The van der Waals surface area contributed by atoms with Gasteiger partial charge >= 0.3 is 11.9 Å². The van der Waals surface area contributed by atoms with Gasteiger partial charge in [0.15, 0.2) is 6.10 Å². The number of aliphatic carboxylic acids is 2. The number of carboxylic acids is 2. The number of nitrogen functional groups attached to an aromatic ring is 1. The van der Waals surface area contributed by atoms with Gasteiger partial charge in [-0.1, -0.05) is 12.1 Å². The highest BCUT2D eigenvalue weighted by Crippen LogP contribution is 2.21. The molecule has 0 radical (unpaired) electrons. The first kappa shape index (κ1) is 13.0. The SMILES string of the molecule is Nc1ccc(C(O)C(=O)O)cc1CCC(=O)O. The maximum absolute atomic E-state index is 10.6. The summed E-state index contributed by atoms with van der Waals surface area (Å²) in [5.74, 6) is -2.33. The topological polar surface area (TPSA) is 121 Å². The lowest BCUT2D eigenvalue weighted by Gasteiger charge is -2.10. The molecule has 0 saturated carbocycles. The molecule has 0 spiro atoms. The van der Waals surface area contributed by atoms with Crippen molar-refractivity contribution in [2.45, 2.75) is 18.9 Å². The van der Waals surface area contributed by atoms with Gasteiger partial charge in [0.25, 0.3) is 0 Å². The molecule has 6 nitrogen and oxygen atoms in total. The number of carbonyl (C=O) groups is 2. The third-order valence-corrected chi connectivity index (χ3v) is 2.32. The largest absolute Gasteiger partial charge is 0.481 e. The molecule has 0 heterocycles. The number of aliphatic hydroxyl groups is 1. The minimum absolute atomic E-state index is 0.100. The minimum Gasteiger partial charge on any atom is -0.481 e. The van der Waals surface area contributed by atoms with E-state index in [4.69, 9.17) is 15.9 Å². The number of nitrogens with two attached hydrogens (primary N) is 1. The summed E-state index contributed by atoms with van der Waals surface area (Å²) < 4.78 is 0. The average Bonchev–Trinajstić information content (AvgIpc) is 2.26. The fourth-order valence-electron chi connectivity index (χ4n) is 1.40. The van der Waals surface area contributed by atoms with Crippen molar-refractivity contribution in [3.8, 4) is 0 Å². The van der Waals surface area contributed by atoms with E-state index < -0.39 is 18.0 Å². The quantitative estimate of drug-likeness (QED) is 0.552. The minimum atomic E-state index is -1.63. The molecule has 1 aromatic rings. The second-order valence-electron chi connectivity index (χ2n) is 3.59. The van der Waals surface area contributed by atoms with Gasteiger partial charge in [0.1, 0.15) is 0 Å². The summed E-state index contributed by atoms with van der Waals surface area (Å²) in [5, 5.41) is 26.5. The van der Waals surface area contributed by atoms with Crippen molar-refractivity contribution < 1.29 is 24.9 Å². The van der Waals surface area contributed by atoms with Crippen molar-refractivity contribution in [1.29, 1.82) is 0 Å². The van der Waals surface area contributed by atoms with Crippen LogP contribution in [0.1, 0.15) is 23.7 Å². The van der Waals surface area contributed by atoms with E-state index >= 15 is 0 Å². The van der Waals surface area contributed by atoms with Gasteiger partial charge in [-0.15, -0.1) is 0 Å². The zero-order valence-electron chi connectivity index (χ0n) is 8.96. The molecule has 1 aromatic carbocycles. The summed E-state index contributed by atoms with van der Waals surface area (Å²) in [5.41, 5.74) is 6.72.